The number of piperazine rings is 1. The summed E-state index contributed by atoms with van der Waals surface area (Å²) in [6.07, 6.45) is 1.73. The molecule has 0 saturated carbocycles. The third kappa shape index (κ3) is 5.58. The van der Waals surface area contributed by atoms with Gasteiger partial charge in [-0.05, 0) is 55.7 Å². The maximum atomic E-state index is 13.8. The molecule has 2 aromatic rings. The molecule has 7 heteroatoms. The number of halogens is 1. The fraction of sp³-hybridized carbons (Fsp3) is 0.440. The van der Waals surface area contributed by atoms with Gasteiger partial charge in [0.2, 0.25) is 0 Å². The zero-order valence-corrected chi connectivity index (χ0v) is 19.0. The zero-order valence-electron chi connectivity index (χ0n) is 19.0. The van der Waals surface area contributed by atoms with Gasteiger partial charge in [0.25, 0.3) is 11.8 Å². The maximum Gasteiger partial charge on any atom is 0.254 e. The van der Waals surface area contributed by atoms with E-state index in [1.807, 2.05) is 13.8 Å². The molecule has 0 aromatic heterocycles. The standard InChI is InChI=1S/C25H31FN2O4/c1-4-14-31-22-9-8-20(17-23(22)32-15-5-2)25(30)28-12-10-27(11-13-28)24(29)19-7-6-18(3)21(26)16-19/h6-9,16-17H,4-5,10-15H2,1-3H3. The van der Waals surface area contributed by atoms with Crippen molar-refractivity contribution in [2.45, 2.75) is 33.6 Å². The van der Waals surface area contributed by atoms with Crippen molar-refractivity contribution in [2.24, 2.45) is 0 Å². The summed E-state index contributed by atoms with van der Waals surface area (Å²) in [5.41, 5.74) is 1.36. The highest BCUT2D eigenvalue weighted by molar-refractivity contribution is 5.96. The summed E-state index contributed by atoms with van der Waals surface area (Å²) < 4.78 is 25.4. The summed E-state index contributed by atoms with van der Waals surface area (Å²) in [6.45, 7) is 8.47. The van der Waals surface area contributed by atoms with Gasteiger partial charge >= 0.3 is 0 Å². The van der Waals surface area contributed by atoms with E-state index in [1.165, 1.54) is 6.07 Å². The van der Waals surface area contributed by atoms with E-state index < -0.39 is 5.82 Å². The molecule has 1 aliphatic rings. The van der Waals surface area contributed by atoms with Crippen molar-refractivity contribution in [1.29, 1.82) is 0 Å². The minimum Gasteiger partial charge on any atom is -0.490 e. The monoisotopic (exact) mass is 442 g/mol. The van der Waals surface area contributed by atoms with Gasteiger partial charge in [-0.2, -0.15) is 0 Å². The molecular weight excluding hydrogens is 411 g/mol. The van der Waals surface area contributed by atoms with Gasteiger partial charge in [0.05, 0.1) is 13.2 Å². The summed E-state index contributed by atoms with van der Waals surface area (Å²) in [7, 11) is 0. The Bertz CT molecular complexity index is 955. The fourth-order valence-electron chi connectivity index (χ4n) is 3.50. The van der Waals surface area contributed by atoms with Crippen LogP contribution < -0.4 is 9.47 Å². The first-order valence-electron chi connectivity index (χ1n) is 11.2. The van der Waals surface area contributed by atoms with Gasteiger partial charge in [0.1, 0.15) is 5.82 Å². The highest BCUT2D eigenvalue weighted by Gasteiger charge is 2.26. The second-order valence-corrected chi connectivity index (χ2v) is 7.91. The first kappa shape index (κ1) is 23.6. The molecule has 32 heavy (non-hydrogen) atoms. The van der Waals surface area contributed by atoms with Crippen molar-refractivity contribution in [3.8, 4) is 11.5 Å². The largest absolute Gasteiger partial charge is 0.490 e. The van der Waals surface area contributed by atoms with Gasteiger partial charge in [-0.25, -0.2) is 4.39 Å². The molecular formula is C25H31FN2O4. The molecule has 3 rings (SSSR count). The molecule has 1 fully saturated rings. The van der Waals surface area contributed by atoms with Crippen molar-refractivity contribution in [3.63, 3.8) is 0 Å². The number of amides is 2. The first-order chi connectivity index (χ1) is 15.4. The Morgan fingerprint density at radius 3 is 1.84 bits per heavy atom. The van der Waals surface area contributed by atoms with Crippen LogP contribution in [-0.4, -0.2) is 61.0 Å². The van der Waals surface area contributed by atoms with Crippen LogP contribution in [-0.2, 0) is 0 Å². The summed E-state index contributed by atoms with van der Waals surface area (Å²) in [6, 6.07) is 9.77. The van der Waals surface area contributed by atoms with E-state index in [9.17, 15) is 14.0 Å². The Hall–Kier alpha value is -3.09. The molecule has 0 atom stereocenters. The van der Waals surface area contributed by atoms with E-state index in [-0.39, 0.29) is 11.8 Å². The third-order valence-electron chi connectivity index (χ3n) is 5.39. The lowest BCUT2D eigenvalue weighted by molar-refractivity contribution is 0.0535. The van der Waals surface area contributed by atoms with E-state index in [0.717, 1.165) is 12.8 Å². The average molecular weight is 443 g/mol. The molecule has 2 amide bonds. The summed E-state index contributed by atoms with van der Waals surface area (Å²) in [4.78, 5) is 29.1. The number of carbonyl (C=O) groups excluding carboxylic acids is 2. The number of hydrogen-bond donors (Lipinski definition) is 0. The van der Waals surface area contributed by atoms with Crippen molar-refractivity contribution >= 4 is 11.8 Å². The lowest BCUT2D eigenvalue weighted by Crippen LogP contribution is -2.50. The van der Waals surface area contributed by atoms with E-state index in [1.54, 1.807) is 47.1 Å². The van der Waals surface area contributed by atoms with E-state index in [4.69, 9.17) is 9.47 Å². The molecule has 0 unspecified atom stereocenters. The van der Waals surface area contributed by atoms with Gasteiger partial charge in [-0.15, -0.1) is 0 Å². The number of aryl methyl sites for hydroxylation is 1. The maximum absolute atomic E-state index is 13.8. The van der Waals surface area contributed by atoms with E-state index in [0.29, 0.717) is 67.6 Å². The normalized spacial score (nSPS) is 13.8. The molecule has 0 bridgehead atoms. The zero-order chi connectivity index (χ0) is 23.1. The number of carbonyl (C=O) groups is 2. The van der Waals surface area contributed by atoms with Gasteiger partial charge in [0, 0.05) is 37.3 Å². The highest BCUT2D eigenvalue weighted by atomic mass is 19.1. The molecule has 0 spiro atoms. The van der Waals surface area contributed by atoms with E-state index in [2.05, 4.69) is 0 Å². The van der Waals surface area contributed by atoms with Crippen molar-refractivity contribution in [2.75, 3.05) is 39.4 Å². The smallest absolute Gasteiger partial charge is 0.254 e. The third-order valence-corrected chi connectivity index (χ3v) is 5.39. The highest BCUT2D eigenvalue weighted by Crippen LogP contribution is 2.29. The van der Waals surface area contributed by atoms with Crippen LogP contribution in [0.3, 0.4) is 0 Å². The molecule has 1 saturated heterocycles. The second kappa shape index (κ2) is 11.0. The van der Waals surface area contributed by atoms with Crippen LogP contribution in [0.4, 0.5) is 4.39 Å². The predicted octanol–water partition coefficient (Wildman–Crippen LogP) is 4.31. The van der Waals surface area contributed by atoms with Crippen LogP contribution in [0.15, 0.2) is 36.4 Å². The lowest BCUT2D eigenvalue weighted by atomic mass is 10.1. The van der Waals surface area contributed by atoms with Crippen molar-refractivity contribution < 1.29 is 23.5 Å². The van der Waals surface area contributed by atoms with Crippen LogP contribution in [0.1, 0.15) is 53.0 Å². The second-order valence-electron chi connectivity index (χ2n) is 7.91. The van der Waals surface area contributed by atoms with Crippen LogP contribution in [0.5, 0.6) is 11.5 Å². The molecule has 0 aliphatic carbocycles. The number of rotatable bonds is 8. The Morgan fingerprint density at radius 2 is 1.31 bits per heavy atom. The number of ether oxygens (including phenoxy) is 2. The lowest BCUT2D eigenvalue weighted by Gasteiger charge is -2.35. The fourth-order valence-corrected chi connectivity index (χ4v) is 3.50. The van der Waals surface area contributed by atoms with Gasteiger partial charge in [-0.3, -0.25) is 9.59 Å². The first-order valence-corrected chi connectivity index (χ1v) is 11.2. The predicted molar refractivity (Wildman–Crippen MR) is 121 cm³/mol. The van der Waals surface area contributed by atoms with Crippen LogP contribution in [0.2, 0.25) is 0 Å². The summed E-state index contributed by atoms with van der Waals surface area (Å²) in [5, 5.41) is 0. The number of benzene rings is 2. The summed E-state index contributed by atoms with van der Waals surface area (Å²) in [5.74, 6) is 0.488. The molecule has 0 radical (unpaired) electrons. The number of nitrogens with zero attached hydrogens (tertiary/aromatic N) is 2. The quantitative estimate of drug-likeness (QED) is 0.611. The molecule has 1 heterocycles. The van der Waals surface area contributed by atoms with Crippen LogP contribution in [0.25, 0.3) is 0 Å². The van der Waals surface area contributed by atoms with Crippen molar-refractivity contribution in [3.05, 3.63) is 58.9 Å². The molecule has 2 aromatic carbocycles. The minimum absolute atomic E-state index is 0.109. The Morgan fingerprint density at radius 1 is 0.812 bits per heavy atom. The van der Waals surface area contributed by atoms with Gasteiger partial charge in [0.15, 0.2) is 11.5 Å². The molecule has 0 N–H and O–H groups in total. The Kier molecular flexibility index (Phi) is 8.09. The van der Waals surface area contributed by atoms with Crippen LogP contribution >= 0.6 is 0 Å². The molecule has 172 valence electrons. The Labute approximate surface area is 188 Å². The van der Waals surface area contributed by atoms with Gasteiger partial charge in [-0.1, -0.05) is 19.9 Å². The van der Waals surface area contributed by atoms with E-state index >= 15 is 0 Å². The average Bonchev–Trinajstić information content (AvgIpc) is 2.82. The van der Waals surface area contributed by atoms with Gasteiger partial charge < -0.3 is 19.3 Å². The van der Waals surface area contributed by atoms with Crippen LogP contribution in [0, 0.1) is 12.7 Å². The Balaban J connectivity index is 1.65. The molecule has 1 aliphatic heterocycles. The molecule has 6 nitrogen and oxygen atoms in total. The number of hydrogen-bond acceptors (Lipinski definition) is 4. The van der Waals surface area contributed by atoms with Crippen molar-refractivity contribution in [1.82, 2.24) is 9.80 Å². The minimum atomic E-state index is -0.392. The SMILES string of the molecule is CCCOc1ccc(C(=O)N2CCN(C(=O)c3ccc(C)c(F)c3)CC2)cc1OCCC. The topological polar surface area (TPSA) is 59.1 Å². The summed E-state index contributed by atoms with van der Waals surface area (Å²) >= 11 is 0.